The van der Waals surface area contributed by atoms with Gasteiger partial charge in [-0.1, -0.05) is 6.92 Å². The minimum absolute atomic E-state index is 0.145. The molecule has 3 heteroatoms. The van der Waals surface area contributed by atoms with Crippen LogP contribution in [-0.4, -0.2) is 23.6 Å². The summed E-state index contributed by atoms with van der Waals surface area (Å²) in [6.07, 6.45) is 7.93. The maximum atomic E-state index is 4.35. The molecule has 112 valence electrons. The lowest BCUT2D eigenvalue weighted by Crippen LogP contribution is -2.36. The van der Waals surface area contributed by atoms with Crippen LogP contribution >= 0.6 is 0 Å². The van der Waals surface area contributed by atoms with Gasteiger partial charge in [-0.05, 0) is 57.6 Å². The molecule has 0 atom stereocenters. The average Bonchev–Trinajstić information content (AvgIpc) is 3.19. The summed E-state index contributed by atoms with van der Waals surface area (Å²) in [7, 11) is 0. The molecule has 1 heterocycles. The number of nitrogens with one attached hydrogen (secondary N) is 1. The fraction of sp³-hybridized carbons (Fsp3) is 0.706. The predicted molar refractivity (Wildman–Crippen MR) is 86.1 cm³/mol. The fourth-order valence-electron chi connectivity index (χ4n) is 2.40. The van der Waals surface area contributed by atoms with Gasteiger partial charge in [0.15, 0.2) is 0 Å². The quantitative estimate of drug-likeness (QED) is 0.824. The van der Waals surface area contributed by atoms with E-state index in [2.05, 4.69) is 49.0 Å². The third-order valence-electron chi connectivity index (χ3n) is 3.71. The molecule has 1 aliphatic carbocycles. The summed E-state index contributed by atoms with van der Waals surface area (Å²) in [6.45, 7) is 12.1. The van der Waals surface area contributed by atoms with E-state index in [1.54, 1.807) is 0 Å². The van der Waals surface area contributed by atoms with E-state index >= 15 is 0 Å². The number of nitrogens with zero attached hydrogens (tertiary/aromatic N) is 2. The van der Waals surface area contributed by atoms with Crippen molar-refractivity contribution >= 4 is 5.69 Å². The van der Waals surface area contributed by atoms with Crippen LogP contribution in [0.4, 0.5) is 5.69 Å². The van der Waals surface area contributed by atoms with Gasteiger partial charge < -0.3 is 10.2 Å². The molecule has 0 unspecified atom stereocenters. The third-order valence-corrected chi connectivity index (χ3v) is 3.71. The summed E-state index contributed by atoms with van der Waals surface area (Å²) in [5, 5.41) is 3.59. The Hall–Kier alpha value is -1.09. The van der Waals surface area contributed by atoms with Gasteiger partial charge in [0.2, 0.25) is 0 Å². The molecule has 1 aromatic rings. The number of hydrogen-bond acceptors (Lipinski definition) is 3. The molecule has 3 nitrogen and oxygen atoms in total. The molecule has 1 aliphatic rings. The van der Waals surface area contributed by atoms with E-state index in [1.165, 1.54) is 37.1 Å². The van der Waals surface area contributed by atoms with Crippen LogP contribution in [0.5, 0.6) is 0 Å². The van der Waals surface area contributed by atoms with Crippen LogP contribution in [0.2, 0.25) is 0 Å². The fourth-order valence-corrected chi connectivity index (χ4v) is 2.40. The minimum Gasteiger partial charge on any atom is -0.370 e. The Balaban J connectivity index is 2.10. The van der Waals surface area contributed by atoms with Gasteiger partial charge in [-0.25, -0.2) is 0 Å². The summed E-state index contributed by atoms with van der Waals surface area (Å²) in [6, 6.07) is 2.16. The molecule has 1 saturated carbocycles. The van der Waals surface area contributed by atoms with E-state index in [1.807, 2.05) is 12.4 Å². The SMILES string of the molecule is CCCN(CC1CC1)c1cnccc1CNC(C)(C)C. The topological polar surface area (TPSA) is 28.2 Å². The Morgan fingerprint density at radius 3 is 2.70 bits per heavy atom. The first-order valence-corrected chi connectivity index (χ1v) is 7.92. The zero-order valence-electron chi connectivity index (χ0n) is 13.4. The van der Waals surface area contributed by atoms with E-state index in [0.29, 0.717) is 0 Å². The lowest BCUT2D eigenvalue weighted by Gasteiger charge is -2.28. The highest BCUT2D eigenvalue weighted by molar-refractivity contribution is 5.52. The first kappa shape index (κ1) is 15.3. The lowest BCUT2D eigenvalue weighted by molar-refractivity contribution is 0.424. The molecule has 0 saturated heterocycles. The van der Waals surface area contributed by atoms with Gasteiger partial charge in [-0.15, -0.1) is 0 Å². The van der Waals surface area contributed by atoms with Crippen molar-refractivity contribution in [3.63, 3.8) is 0 Å². The molecule has 1 N–H and O–H groups in total. The van der Waals surface area contributed by atoms with E-state index < -0.39 is 0 Å². The monoisotopic (exact) mass is 275 g/mol. The molecule has 1 fully saturated rings. The highest BCUT2D eigenvalue weighted by Gasteiger charge is 2.25. The van der Waals surface area contributed by atoms with E-state index in [0.717, 1.165) is 19.0 Å². The zero-order valence-corrected chi connectivity index (χ0v) is 13.4. The molecule has 0 aliphatic heterocycles. The highest BCUT2D eigenvalue weighted by atomic mass is 15.1. The molecular formula is C17H29N3. The minimum atomic E-state index is 0.145. The Labute approximate surface area is 123 Å². The van der Waals surface area contributed by atoms with Crippen molar-refractivity contribution < 1.29 is 0 Å². The van der Waals surface area contributed by atoms with E-state index in [9.17, 15) is 0 Å². The summed E-state index contributed by atoms with van der Waals surface area (Å²) in [5.74, 6) is 0.908. The van der Waals surface area contributed by atoms with Crippen LogP contribution in [0.15, 0.2) is 18.5 Å². The second-order valence-corrected chi connectivity index (χ2v) is 7.00. The van der Waals surface area contributed by atoms with Crippen molar-refractivity contribution in [1.29, 1.82) is 0 Å². The molecular weight excluding hydrogens is 246 g/mol. The Kier molecular flexibility index (Phi) is 5.03. The summed E-state index contributed by atoms with van der Waals surface area (Å²) in [5.41, 5.74) is 2.83. The van der Waals surface area contributed by atoms with Crippen LogP contribution in [0.3, 0.4) is 0 Å². The summed E-state index contributed by atoms with van der Waals surface area (Å²) < 4.78 is 0. The van der Waals surface area contributed by atoms with Gasteiger partial charge in [0.25, 0.3) is 0 Å². The Bertz CT molecular complexity index is 418. The first-order valence-electron chi connectivity index (χ1n) is 7.92. The average molecular weight is 275 g/mol. The highest BCUT2D eigenvalue weighted by Crippen LogP contribution is 2.32. The number of rotatable bonds is 7. The van der Waals surface area contributed by atoms with Crippen molar-refractivity contribution in [3.05, 3.63) is 24.0 Å². The number of aromatic nitrogens is 1. The molecule has 20 heavy (non-hydrogen) atoms. The Morgan fingerprint density at radius 1 is 1.35 bits per heavy atom. The number of pyridine rings is 1. The largest absolute Gasteiger partial charge is 0.370 e. The second kappa shape index (κ2) is 6.57. The smallest absolute Gasteiger partial charge is 0.0598 e. The lowest BCUT2D eigenvalue weighted by atomic mass is 10.1. The number of hydrogen-bond donors (Lipinski definition) is 1. The van der Waals surface area contributed by atoms with Crippen LogP contribution in [0.1, 0.15) is 52.5 Å². The molecule has 0 aromatic carbocycles. The van der Waals surface area contributed by atoms with Crippen LogP contribution < -0.4 is 10.2 Å². The normalized spacial score (nSPS) is 15.4. The molecule has 2 rings (SSSR count). The maximum absolute atomic E-state index is 4.35. The van der Waals surface area contributed by atoms with Gasteiger partial charge in [0, 0.05) is 31.4 Å². The molecule has 0 spiro atoms. The summed E-state index contributed by atoms with van der Waals surface area (Å²) in [4.78, 5) is 6.88. The standard InChI is InChI=1S/C17H29N3/c1-5-10-20(13-14-6-7-14)16-12-18-9-8-15(16)11-19-17(2,3)4/h8-9,12,14,19H,5-7,10-11,13H2,1-4H3. The number of anilines is 1. The van der Waals surface area contributed by atoms with Crippen LogP contribution in [0.25, 0.3) is 0 Å². The molecule has 0 amide bonds. The van der Waals surface area contributed by atoms with Crippen molar-refractivity contribution in [1.82, 2.24) is 10.3 Å². The van der Waals surface area contributed by atoms with Crippen molar-refractivity contribution in [2.45, 2.75) is 59.0 Å². The van der Waals surface area contributed by atoms with Crippen molar-refractivity contribution in [2.75, 3.05) is 18.0 Å². The first-order chi connectivity index (χ1) is 9.49. The van der Waals surface area contributed by atoms with Gasteiger partial charge in [-0.2, -0.15) is 0 Å². The van der Waals surface area contributed by atoms with Gasteiger partial charge >= 0.3 is 0 Å². The third kappa shape index (κ3) is 4.78. The molecule has 1 aromatic heterocycles. The molecule has 0 radical (unpaired) electrons. The van der Waals surface area contributed by atoms with E-state index in [4.69, 9.17) is 0 Å². The van der Waals surface area contributed by atoms with Crippen LogP contribution in [-0.2, 0) is 6.54 Å². The van der Waals surface area contributed by atoms with Gasteiger partial charge in [-0.3, -0.25) is 4.98 Å². The second-order valence-electron chi connectivity index (χ2n) is 7.00. The van der Waals surface area contributed by atoms with E-state index in [-0.39, 0.29) is 5.54 Å². The van der Waals surface area contributed by atoms with Crippen LogP contribution in [0, 0.1) is 5.92 Å². The van der Waals surface area contributed by atoms with Crippen molar-refractivity contribution in [3.8, 4) is 0 Å². The summed E-state index contributed by atoms with van der Waals surface area (Å²) >= 11 is 0. The Morgan fingerprint density at radius 2 is 2.10 bits per heavy atom. The molecule has 0 bridgehead atoms. The zero-order chi connectivity index (χ0) is 14.6. The maximum Gasteiger partial charge on any atom is 0.0598 e. The van der Waals surface area contributed by atoms with Gasteiger partial charge in [0.05, 0.1) is 11.9 Å². The predicted octanol–water partition coefficient (Wildman–Crippen LogP) is 3.60. The van der Waals surface area contributed by atoms with Crippen molar-refractivity contribution in [2.24, 2.45) is 5.92 Å². The van der Waals surface area contributed by atoms with Gasteiger partial charge in [0.1, 0.15) is 0 Å².